The highest BCUT2D eigenvalue weighted by Gasteiger charge is 2.21. The van der Waals surface area contributed by atoms with Crippen LogP contribution in [0.15, 0.2) is 56.9 Å². The topological polar surface area (TPSA) is 111 Å². The van der Waals surface area contributed by atoms with Gasteiger partial charge >= 0.3 is 11.1 Å². The Hall–Kier alpha value is -2.50. The zero-order valence-corrected chi connectivity index (χ0v) is 20.1. The van der Waals surface area contributed by atoms with Gasteiger partial charge in [-0.15, -0.1) is 0 Å². The second-order valence-corrected chi connectivity index (χ2v) is 10.3. The summed E-state index contributed by atoms with van der Waals surface area (Å²) in [6, 6.07) is 11.3. The summed E-state index contributed by atoms with van der Waals surface area (Å²) in [5.41, 5.74) is -0.100. The van der Waals surface area contributed by atoms with E-state index in [9.17, 15) is 23.1 Å². The minimum absolute atomic E-state index is 0.0251. The van der Waals surface area contributed by atoms with Crippen LogP contribution in [-0.2, 0) is 34.5 Å². The molecule has 1 heterocycles. The molecule has 33 heavy (non-hydrogen) atoms. The molecular formula is C22H26ClN3O6S. The summed E-state index contributed by atoms with van der Waals surface area (Å²) < 4.78 is 34.2. The number of hydrogen-bond donors (Lipinski definition) is 1. The van der Waals surface area contributed by atoms with E-state index in [-0.39, 0.29) is 36.7 Å². The normalized spacial score (nSPS) is 13.0. The number of rotatable bonds is 9. The lowest BCUT2D eigenvalue weighted by molar-refractivity contribution is 0.0204. The van der Waals surface area contributed by atoms with E-state index in [2.05, 4.69) is 0 Å². The fourth-order valence-corrected chi connectivity index (χ4v) is 4.47. The summed E-state index contributed by atoms with van der Waals surface area (Å²) in [6.45, 7) is 1.85. The van der Waals surface area contributed by atoms with Crippen molar-refractivity contribution in [1.82, 2.24) is 13.4 Å². The Balaban J connectivity index is 1.94. The molecule has 0 aliphatic rings. The highest BCUT2D eigenvalue weighted by molar-refractivity contribution is 7.89. The molecule has 9 nitrogen and oxygen atoms in total. The molecule has 0 amide bonds. The first-order chi connectivity index (χ1) is 15.6. The van der Waals surface area contributed by atoms with Gasteiger partial charge in [-0.2, -0.15) is 0 Å². The predicted octanol–water partition coefficient (Wildman–Crippen LogP) is 1.66. The van der Waals surface area contributed by atoms with E-state index < -0.39 is 27.2 Å². The molecule has 1 atom stereocenters. The van der Waals surface area contributed by atoms with E-state index in [1.165, 1.54) is 36.9 Å². The van der Waals surface area contributed by atoms with E-state index in [4.69, 9.17) is 16.3 Å². The Bertz CT molecular complexity index is 1360. The first kappa shape index (κ1) is 25.1. The van der Waals surface area contributed by atoms with Crippen LogP contribution in [0.5, 0.6) is 0 Å². The van der Waals surface area contributed by atoms with Crippen molar-refractivity contribution in [2.45, 2.75) is 37.6 Å². The molecule has 2 aromatic carbocycles. The third-order valence-electron chi connectivity index (χ3n) is 5.18. The molecule has 0 bridgehead atoms. The highest BCUT2D eigenvalue weighted by atomic mass is 35.5. The minimum atomic E-state index is -3.77. The summed E-state index contributed by atoms with van der Waals surface area (Å²) in [5.74, 6) is 0. The monoisotopic (exact) mass is 495 g/mol. The van der Waals surface area contributed by atoms with Gasteiger partial charge in [-0.25, -0.2) is 12.7 Å². The molecule has 3 aromatic rings. The van der Waals surface area contributed by atoms with Gasteiger partial charge in [-0.1, -0.05) is 23.7 Å². The fourth-order valence-electron chi connectivity index (χ4n) is 3.42. The van der Waals surface area contributed by atoms with Gasteiger partial charge < -0.3 is 14.4 Å². The predicted molar refractivity (Wildman–Crippen MR) is 126 cm³/mol. The molecule has 0 radical (unpaired) electrons. The molecule has 0 fully saturated rings. The van der Waals surface area contributed by atoms with Gasteiger partial charge in [0.25, 0.3) is 0 Å². The zero-order valence-electron chi connectivity index (χ0n) is 18.6. The van der Waals surface area contributed by atoms with Crippen LogP contribution in [0.1, 0.15) is 12.5 Å². The van der Waals surface area contributed by atoms with Crippen molar-refractivity contribution >= 4 is 32.7 Å². The maximum absolute atomic E-state index is 12.8. The van der Waals surface area contributed by atoms with Crippen LogP contribution < -0.4 is 11.1 Å². The van der Waals surface area contributed by atoms with Crippen molar-refractivity contribution in [1.29, 1.82) is 0 Å². The van der Waals surface area contributed by atoms with Crippen LogP contribution >= 0.6 is 11.6 Å². The maximum Gasteiger partial charge on any atom is 0.317 e. The van der Waals surface area contributed by atoms with Gasteiger partial charge in [-0.05, 0) is 42.8 Å². The number of aliphatic hydroxyl groups excluding tert-OH is 1. The smallest absolute Gasteiger partial charge is 0.317 e. The van der Waals surface area contributed by atoms with Gasteiger partial charge in [0, 0.05) is 25.7 Å². The van der Waals surface area contributed by atoms with E-state index in [0.29, 0.717) is 10.5 Å². The minimum Gasteiger partial charge on any atom is -0.389 e. The second kappa shape index (κ2) is 10.2. The molecule has 1 aromatic heterocycles. The number of aliphatic hydroxyl groups is 1. The molecule has 0 saturated heterocycles. The lowest BCUT2D eigenvalue weighted by atomic mass is 10.2. The fraction of sp³-hybridized carbons (Fsp3) is 0.364. The van der Waals surface area contributed by atoms with Crippen LogP contribution in [0.3, 0.4) is 0 Å². The Morgan fingerprint density at radius 3 is 2.27 bits per heavy atom. The van der Waals surface area contributed by atoms with Crippen molar-refractivity contribution in [3.8, 4) is 0 Å². The third kappa shape index (κ3) is 5.36. The number of aryl methyl sites for hydroxylation is 1. The maximum atomic E-state index is 12.8. The van der Waals surface area contributed by atoms with Crippen LogP contribution in [0.2, 0.25) is 5.02 Å². The molecule has 3 rings (SSSR count). The van der Waals surface area contributed by atoms with Gasteiger partial charge in [-0.3, -0.25) is 14.2 Å². The van der Waals surface area contributed by atoms with Crippen molar-refractivity contribution in [3.05, 3.63) is 73.8 Å². The third-order valence-corrected chi connectivity index (χ3v) is 7.25. The lowest BCUT2D eigenvalue weighted by Gasteiger charge is -2.19. The van der Waals surface area contributed by atoms with Gasteiger partial charge in [0.1, 0.15) is 0 Å². The number of benzene rings is 2. The number of nitrogens with zero attached hydrogens (tertiary/aromatic N) is 3. The van der Waals surface area contributed by atoms with Gasteiger partial charge in [0.15, 0.2) is 0 Å². The van der Waals surface area contributed by atoms with Crippen molar-refractivity contribution in [3.63, 3.8) is 0 Å². The molecule has 0 aliphatic heterocycles. The standard InChI is InChI=1S/C22H26ClN3O6S/c1-4-25-19-10-9-18(33(30,31)24(2)3)11-20(19)26(22(29)21(25)28)12-17(27)14-32-13-15-5-7-16(23)8-6-15/h5-11,17,27H,4,12-14H2,1-3H3. The second-order valence-electron chi connectivity index (χ2n) is 7.70. The molecular weight excluding hydrogens is 470 g/mol. The first-order valence-electron chi connectivity index (χ1n) is 10.3. The van der Waals surface area contributed by atoms with E-state index in [0.717, 1.165) is 14.4 Å². The lowest BCUT2D eigenvalue weighted by Crippen LogP contribution is -2.43. The average Bonchev–Trinajstić information content (AvgIpc) is 2.78. The first-order valence-corrected chi connectivity index (χ1v) is 12.1. The van der Waals surface area contributed by atoms with Crippen LogP contribution in [0, 0.1) is 0 Å². The summed E-state index contributed by atoms with van der Waals surface area (Å²) in [7, 11) is -0.962. The molecule has 11 heteroatoms. The van der Waals surface area contributed by atoms with Gasteiger partial charge in [0.2, 0.25) is 10.0 Å². The van der Waals surface area contributed by atoms with Crippen molar-refractivity contribution in [2.24, 2.45) is 0 Å². The molecule has 0 saturated carbocycles. The van der Waals surface area contributed by atoms with Crippen LogP contribution in [-0.4, -0.2) is 53.8 Å². The number of halogens is 1. The summed E-state index contributed by atoms with van der Waals surface area (Å²) in [5, 5.41) is 11.1. The Morgan fingerprint density at radius 1 is 1.03 bits per heavy atom. The average molecular weight is 496 g/mol. The van der Waals surface area contributed by atoms with Crippen LogP contribution in [0.25, 0.3) is 11.0 Å². The van der Waals surface area contributed by atoms with Gasteiger partial charge in [0.05, 0.1) is 41.8 Å². The summed E-state index contributed by atoms with van der Waals surface area (Å²) in [4.78, 5) is 25.4. The summed E-state index contributed by atoms with van der Waals surface area (Å²) in [6.07, 6.45) is -1.11. The Kier molecular flexibility index (Phi) is 7.76. The Labute approximate surface area is 196 Å². The Morgan fingerprint density at radius 2 is 1.67 bits per heavy atom. The van der Waals surface area contributed by atoms with E-state index in [1.54, 1.807) is 31.2 Å². The molecule has 0 aliphatic carbocycles. The quantitative estimate of drug-likeness (QED) is 0.452. The number of sulfonamides is 1. The number of ether oxygens (including phenoxy) is 1. The van der Waals surface area contributed by atoms with Crippen LogP contribution in [0.4, 0.5) is 0 Å². The van der Waals surface area contributed by atoms with E-state index in [1.807, 2.05) is 0 Å². The van der Waals surface area contributed by atoms with Crippen molar-refractivity contribution in [2.75, 3.05) is 20.7 Å². The summed E-state index contributed by atoms with van der Waals surface area (Å²) >= 11 is 5.86. The molecule has 1 N–H and O–H groups in total. The van der Waals surface area contributed by atoms with E-state index >= 15 is 0 Å². The number of aromatic nitrogens is 2. The molecule has 178 valence electrons. The SMILES string of the molecule is CCn1c(=O)c(=O)n(CC(O)COCc2ccc(Cl)cc2)c2cc(S(=O)(=O)N(C)C)ccc21. The molecule has 1 unspecified atom stereocenters. The number of hydrogen-bond acceptors (Lipinski definition) is 6. The highest BCUT2D eigenvalue weighted by Crippen LogP contribution is 2.20. The number of fused-ring (bicyclic) bond motifs is 1. The van der Waals surface area contributed by atoms with Crippen molar-refractivity contribution < 1.29 is 18.3 Å². The zero-order chi connectivity index (χ0) is 24.3. The largest absolute Gasteiger partial charge is 0.389 e. The molecule has 0 spiro atoms.